The Morgan fingerprint density at radius 2 is 1.88 bits per heavy atom. The molecule has 24 heavy (non-hydrogen) atoms. The van der Waals surface area contributed by atoms with Crippen molar-refractivity contribution in [2.45, 2.75) is 39.5 Å². The van der Waals surface area contributed by atoms with Crippen LogP contribution in [-0.2, 0) is 4.79 Å². The third-order valence-electron chi connectivity index (χ3n) is 4.63. The highest BCUT2D eigenvalue weighted by atomic mass is 32.1. The van der Waals surface area contributed by atoms with E-state index in [1.54, 1.807) is 11.3 Å². The molecule has 1 aromatic carbocycles. The van der Waals surface area contributed by atoms with E-state index in [9.17, 15) is 4.79 Å². The van der Waals surface area contributed by atoms with E-state index in [4.69, 9.17) is 4.74 Å². The van der Waals surface area contributed by atoms with Gasteiger partial charge >= 0.3 is 0 Å². The average molecular weight is 344 g/mol. The first-order chi connectivity index (χ1) is 11.5. The minimum Gasteiger partial charge on any atom is -0.484 e. The highest BCUT2D eigenvalue weighted by Gasteiger charge is 2.26. The molecule has 0 bridgehead atoms. The van der Waals surface area contributed by atoms with Crippen LogP contribution in [0.2, 0.25) is 0 Å². The van der Waals surface area contributed by atoms with Crippen molar-refractivity contribution >= 4 is 17.2 Å². The van der Waals surface area contributed by atoms with E-state index in [1.165, 1.54) is 15.4 Å². The van der Waals surface area contributed by atoms with Crippen molar-refractivity contribution in [1.82, 2.24) is 9.88 Å². The van der Waals surface area contributed by atoms with Gasteiger partial charge in [0.25, 0.3) is 5.91 Å². The number of piperidine rings is 1. The molecule has 0 radical (unpaired) electrons. The van der Waals surface area contributed by atoms with E-state index in [2.05, 4.69) is 18.8 Å². The summed E-state index contributed by atoms with van der Waals surface area (Å²) in [7, 11) is 0. The summed E-state index contributed by atoms with van der Waals surface area (Å²) in [4.78, 5) is 20.2. The van der Waals surface area contributed by atoms with Crippen LogP contribution in [0, 0.1) is 20.8 Å². The van der Waals surface area contributed by atoms with Gasteiger partial charge in [0, 0.05) is 23.9 Å². The van der Waals surface area contributed by atoms with Gasteiger partial charge in [-0.1, -0.05) is 17.7 Å². The molecule has 1 saturated heterocycles. The molecule has 2 heterocycles. The zero-order valence-corrected chi connectivity index (χ0v) is 15.4. The number of nitrogens with zero attached hydrogens (tertiary/aromatic N) is 2. The molecule has 4 nitrogen and oxygen atoms in total. The van der Waals surface area contributed by atoms with Gasteiger partial charge in [0.1, 0.15) is 5.75 Å². The fourth-order valence-electron chi connectivity index (χ4n) is 2.92. The third-order valence-corrected chi connectivity index (χ3v) is 5.86. The van der Waals surface area contributed by atoms with E-state index in [-0.39, 0.29) is 12.5 Å². The SMILES string of the molecule is Cc1ccc(OCC(=O)N2CCC(c3nc(C)c(C)s3)CC2)cc1. The van der Waals surface area contributed by atoms with Crippen LogP contribution in [0.1, 0.15) is 39.9 Å². The lowest BCUT2D eigenvalue weighted by Crippen LogP contribution is -2.40. The zero-order chi connectivity index (χ0) is 17.1. The molecule has 0 unspecified atom stereocenters. The van der Waals surface area contributed by atoms with Crippen molar-refractivity contribution in [3.8, 4) is 5.75 Å². The molecule has 1 aliphatic heterocycles. The Morgan fingerprint density at radius 3 is 2.46 bits per heavy atom. The Bertz CT molecular complexity index is 681. The predicted octanol–water partition coefficient (Wildman–Crippen LogP) is 3.85. The van der Waals surface area contributed by atoms with Gasteiger partial charge in [-0.05, 0) is 45.7 Å². The maximum absolute atomic E-state index is 12.3. The van der Waals surface area contributed by atoms with Crippen LogP contribution in [0.5, 0.6) is 5.75 Å². The quantitative estimate of drug-likeness (QED) is 0.846. The number of aryl methyl sites for hydroxylation is 3. The predicted molar refractivity (Wildman–Crippen MR) is 96.8 cm³/mol. The molecule has 3 rings (SSSR count). The number of ether oxygens (including phenoxy) is 1. The number of thiazole rings is 1. The summed E-state index contributed by atoms with van der Waals surface area (Å²) in [6, 6.07) is 7.79. The minimum absolute atomic E-state index is 0.0699. The molecule has 1 aromatic heterocycles. The monoisotopic (exact) mass is 344 g/mol. The lowest BCUT2D eigenvalue weighted by atomic mass is 9.97. The lowest BCUT2D eigenvalue weighted by molar-refractivity contribution is -0.134. The van der Waals surface area contributed by atoms with Crippen LogP contribution >= 0.6 is 11.3 Å². The van der Waals surface area contributed by atoms with Gasteiger partial charge in [0.05, 0.1) is 10.7 Å². The van der Waals surface area contributed by atoms with Crippen molar-refractivity contribution in [3.05, 3.63) is 45.4 Å². The maximum Gasteiger partial charge on any atom is 0.260 e. The summed E-state index contributed by atoms with van der Waals surface area (Å²) in [6.07, 6.45) is 1.98. The molecule has 128 valence electrons. The Hall–Kier alpha value is -1.88. The number of likely N-dealkylation sites (tertiary alicyclic amines) is 1. The first-order valence-corrected chi connectivity index (χ1v) is 9.26. The number of hydrogen-bond donors (Lipinski definition) is 0. The van der Waals surface area contributed by atoms with Crippen LogP contribution in [0.15, 0.2) is 24.3 Å². The molecular weight excluding hydrogens is 320 g/mol. The molecule has 1 fully saturated rings. The van der Waals surface area contributed by atoms with Gasteiger partial charge in [-0.3, -0.25) is 4.79 Å². The number of benzene rings is 1. The highest BCUT2D eigenvalue weighted by molar-refractivity contribution is 7.11. The standard InChI is InChI=1S/C19H24N2O2S/c1-13-4-6-17(7-5-13)23-12-18(22)21-10-8-16(9-11-21)19-20-14(2)15(3)24-19/h4-7,16H,8-12H2,1-3H3. The summed E-state index contributed by atoms with van der Waals surface area (Å²) in [5.74, 6) is 1.31. The third kappa shape index (κ3) is 3.96. The number of aromatic nitrogens is 1. The molecule has 5 heteroatoms. The van der Waals surface area contributed by atoms with Crippen LogP contribution in [-0.4, -0.2) is 35.5 Å². The number of amides is 1. The molecule has 1 amide bonds. The largest absolute Gasteiger partial charge is 0.484 e. The molecule has 1 aliphatic rings. The van der Waals surface area contributed by atoms with Crippen molar-refractivity contribution in [3.63, 3.8) is 0 Å². The van der Waals surface area contributed by atoms with E-state index >= 15 is 0 Å². The van der Waals surface area contributed by atoms with Crippen LogP contribution in [0.25, 0.3) is 0 Å². The Kier molecular flexibility index (Phi) is 5.19. The van der Waals surface area contributed by atoms with Crippen molar-refractivity contribution < 1.29 is 9.53 Å². The van der Waals surface area contributed by atoms with E-state index in [1.807, 2.05) is 36.1 Å². The van der Waals surface area contributed by atoms with Gasteiger partial charge in [-0.2, -0.15) is 0 Å². The van der Waals surface area contributed by atoms with Gasteiger partial charge in [-0.25, -0.2) is 4.98 Å². The van der Waals surface area contributed by atoms with E-state index in [0.29, 0.717) is 5.92 Å². The fourth-order valence-corrected chi connectivity index (χ4v) is 4.01. The highest BCUT2D eigenvalue weighted by Crippen LogP contribution is 2.32. The summed E-state index contributed by atoms with van der Waals surface area (Å²) >= 11 is 1.80. The topological polar surface area (TPSA) is 42.4 Å². The number of rotatable bonds is 4. The molecule has 0 N–H and O–H groups in total. The summed E-state index contributed by atoms with van der Waals surface area (Å²) in [5, 5.41) is 1.23. The van der Waals surface area contributed by atoms with Gasteiger partial charge in [-0.15, -0.1) is 11.3 Å². The Labute approximate surface area is 147 Å². The molecule has 0 saturated carbocycles. The molecule has 0 spiro atoms. The Morgan fingerprint density at radius 1 is 1.21 bits per heavy atom. The summed E-state index contributed by atoms with van der Waals surface area (Å²) < 4.78 is 5.61. The van der Waals surface area contributed by atoms with Crippen LogP contribution in [0.4, 0.5) is 0 Å². The zero-order valence-electron chi connectivity index (χ0n) is 14.5. The van der Waals surface area contributed by atoms with E-state index in [0.717, 1.165) is 37.4 Å². The second-order valence-electron chi connectivity index (χ2n) is 6.45. The number of hydrogen-bond acceptors (Lipinski definition) is 4. The maximum atomic E-state index is 12.3. The number of carbonyl (C=O) groups excluding carboxylic acids is 1. The summed E-state index contributed by atoms with van der Waals surface area (Å²) in [6.45, 7) is 7.92. The minimum atomic E-state index is 0.0699. The Balaban J connectivity index is 1.48. The fraction of sp³-hybridized carbons (Fsp3) is 0.474. The van der Waals surface area contributed by atoms with Gasteiger partial charge in [0.2, 0.25) is 0 Å². The van der Waals surface area contributed by atoms with E-state index < -0.39 is 0 Å². The second kappa shape index (κ2) is 7.34. The van der Waals surface area contributed by atoms with Crippen molar-refractivity contribution in [2.24, 2.45) is 0 Å². The first-order valence-electron chi connectivity index (χ1n) is 8.44. The molecule has 0 aliphatic carbocycles. The van der Waals surface area contributed by atoms with Gasteiger partial charge < -0.3 is 9.64 Å². The number of carbonyl (C=O) groups is 1. The molecule has 2 aromatic rings. The van der Waals surface area contributed by atoms with Crippen molar-refractivity contribution in [2.75, 3.05) is 19.7 Å². The molecular formula is C19H24N2O2S. The smallest absolute Gasteiger partial charge is 0.260 e. The van der Waals surface area contributed by atoms with Crippen LogP contribution < -0.4 is 4.74 Å². The second-order valence-corrected chi connectivity index (χ2v) is 7.69. The lowest BCUT2D eigenvalue weighted by Gasteiger charge is -2.31. The average Bonchev–Trinajstić information content (AvgIpc) is 2.93. The normalized spacial score (nSPS) is 15.5. The van der Waals surface area contributed by atoms with Crippen LogP contribution in [0.3, 0.4) is 0 Å². The molecule has 0 atom stereocenters. The first kappa shape index (κ1) is 17.0. The van der Waals surface area contributed by atoms with Crippen molar-refractivity contribution in [1.29, 1.82) is 0 Å². The van der Waals surface area contributed by atoms with Gasteiger partial charge in [0.15, 0.2) is 6.61 Å². The summed E-state index contributed by atoms with van der Waals surface area (Å²) in [5.41, 5.74) is 2.32.